The molecule has 36 heavy (non-hydrogen) atoms. The molecule has 1 atom stereocenters. The Balaban J connectivity index is 1.16. The third-order valence-electron chi connectivity index (χ3n) is 7.29. The van der Waals surface area contributed by atoms with Crippen LogP contribution in [-0.4, -0.2) is 87.2 Å². The number of nitrogens with one attached hydrogen (secondary N) is 1. The SMILES string of the molecule is CN(C)C(=O)CC(c1ccccc1)N1CCN(CCCc2c[nH]c3ccc(-n4cnnc4)cc23)CC1. The second-order valence-corrected chi connectivity index (χ2v) is 9.81. The van der Waals surface area contributed by atoms with Crippen LogP contribution in [0.15, 0.2) is 67.4 Å². The molecule has 8 heteroatoms. The number of nitrogens with zero attached hydrogens (tertiary/aromatic N) is 6. The minimum Gasteiger partial charge on any atom is -0.361 e. The van der Waals surface area contributed by atoms with Crippen LogP contribution in [0.2, 0.25) is 0 Å². The van der Waals surface area contributed by atoms with E-state index in [2.05, 4.69) is 73.6 Å². The van der Waals surface area contributed by atoms with Crippen LogP contribution in [0.1, 0.15) is 30.0 Å². The molecule has 2 aromatic carbocycles. The molecule has 1 N–H and O–H groups in total. The number of carbonyl (C=O) groups is 1. The fourth-order valence-corrected chi connectivity index (χ4v) is 5.14. The smallest absolute Gasteiger partial charge is 0.223 e. The van der Waals surface area contributed by atoms with Crippen molar-refractivity contribution in [2.24, 2.45) is 0 Å². The summed E-state index contributed by atoms with van der Waals surface area (Å²) in [5.74, 6) is 0.178. The summed E-state index contributed by atoms with van der Waals surface area (Å²) in [6.45, 7) is 5.11. The summed E-state index contributed by atoms with van der Waals surface area (Å²) in [6, 6.07) is 17.0. The lowest BCUT2D eigenvalue weighted by Gasteiger charge is -2.39. The molecule has 1 aliphatic heterocycles. The van der Waals surface area contributed by atoms with Gasteiger partial charge in [0.05, 0.1) is 0 Å². The summed E-state index contributed by atoms with van der Waals surface area (Å²) in [5.41, 5.74) is 4.82. The fraction of sp³-hybridized carbons (Fsp3) is 0.393. The van der Waals surface area contributed by atoms with Gasteiger partial charge in [0.15, 0.2) is 0 Å². The Morgan fingerprint density at radius 3 is 2.50 bits per heavy atom. The molecule has 1 aliphatic rings. The van der Waals surface area contributed by atoms with Crippen LogP contribution in [0.25, 0.3) is 16.6 Å². The van der Waals surface area contributed by atoms with Crippen LogP contribution in [0.3, 0.4) is 0 Å². The van der Waals surface area contributed by atoms with E-state index in [1.54, 1.807) is 17.6 Å². The fourth-order valence-electron chi connectivity index (χ4n) is 5.14. The van der Waals surface area contributed by atoms with Crippen molar-refractivity contribution in [2.75, 3.05) is 46.8 Å². The number of aryl methyl sites for hydroxylation is 1. The maximum atomic E-state index is 12.5. The van der Waals surface area contributed by atoms with Gasteiger partial charge in [-0.15, -0.1) is 10.2 Å². The van der Waals surface area contributed by atoms with E-state index in [9.17, 15) is 4.79 Å². The largest absolute Gasteiger partial charge is 0.361 e. The van der Waals surface area contributed by atoms with Gasteiger partial charge in [0, 0.05) is 75.5 Å². The second-order valence-electron chi connectivity index (χ2n) is 9.81. The minimum absolute atomic E-state index is 0.134. The number of piperazine rings is 1. The third-order valence-corrected chi connectivity index (χ3v) is 7.29. The van der Waals surface area contributed by atoms with Crippen molar-refractivity contribution < 1.29 is 4.79 Å². The van der Waals surface area contributed by atoms with Crippen LogP contribution in [0.4, 0.5) is 0 Å². The molecule has 1 fully saturated rings. The highest BCUT2D eigenvalue weighted by molar-refractivity contribution is 5.85. The quantitative estimate of drug-likeness (QED) is 0.393. The van der Waals surface area contributed by atoms with E-state index in [1.807, 2.05) is 24.7 Å². The number of hydrogen-bond donors (Lipinski definition) is 1. The van der Waals surface area contributed by atoms with Crippen LogP contribution < -0.4 is 0 Å². The van der Waals surface area contributed by atoms with Gasteiger partial charge in [-0.3, -0.25) is 14.3 Å². The second kappa shape index (κ2) is 11.1. The molecule has 0 spiro atoms. The van der Waals surface area contributed by atoms with Crippen LogP contribution in [-0.2, 0) is 11.2 Å². The van der Waals surface area contributed by atoms with Crippen LogP contribution in [0, 0.1) is 0 Å². The number of hydrogen-bond acceptors (Lipinski definition) is 5. The summed E-state index contributed by atoms with van der Waals surface area (Å²) in [5, 5.41) is 9.11. The lowest BCUT2D eigenvalue weighted by atomic mass is 10.0. The first-order valence-corrected chi connectivity index (χ1v) is 12.7. The molecule has 188 valence electrons. The average molecular weight is 486 g/mol. The van der Waals surface area contributed by atoms with Crippen LogP contribution in [0.5, 0.6) is 0 Å². The van der Waals surface area contributed by atoms with Crippen molar-refractivity contribution in [3.8, 4) is 5.69 Å². The summed E-state index contributed by atoms with van der Waals surface area (Å²) in [6.07, 6.45) is 8.28. The van der Waals surface area contributed by atoms with Crippen molar-refractivity contribution in [3.05, 3.63) is 78.5 Å². The molecule has 8 nitrogen and oxygen atoms in total. The number of rotatable bonds is 9. The van der Waals surface area contributed by atoms with Gasteiger partial charge in [-0.05, 0) is 48.7 Å². The predicted molar refractivity (Wildman–Crippen MR) is 142 cm³/mol. The van der Waals surface area contributed by atoms with E-state index in [4.69, 9.17) is 0 Å². The van der Waals surface area contributed by atoms with Crippen molar-refractivity contribution >= 4 is 16.8 Å². The third kappa shape index (κ3) is 5.50. The predicted octanol–water partition coefficient (Wildman–Crippen LogP) is 3.52. The van der Waals surface area contributed by atoms with E-state index in [0.29, 0.717) is 6.42 Å². The van der Waals surface area contributed by atoms with E-state index >= 15 is 0 Å². The Hall–Kier alpha value is -3.49. The number of fused-ring (bicyclic) bond motifs is 1. The van der Waals surface area contributed by atoms with Gasteiger partial charge in [-0.1, -0.05) is 30.3 Å². The first kappa shape index (κ1) is 24.2. The minimum atomic E-state index is 0.134. The van der Waals surface area contributed by atoms with Gasteiger partial charge >= 0.3 is 0 Å². The Morgan fingerprint density at radius 1 is 1.03 bits per heavy atom. The molecule has 4 aromatic rings. The number of aromatic amines is 1. The molecule has 0 aliphatic carbocycles. The zero-order valence-corrected chi connectivity index (χ0v) is 21.2. The first-order valence-electron chi connectivity index (χ1n) is 12.7. The molecule has 1 saturated heterocycles. The summed E-state index contributed by atoms with van der Waals surface area (Å²) < 4.78 is 1.94. The van der Waals surface area contributed by atoms with Gasteiger partial charge < -0.3 is 14.8 Å². The monoisotopic (exact) mass is 485 g/mol. The Bertz CT molecular complexity index is 1260. The summed E-state index contributed by atoms with van der Waals surface area (Å²) in [4.78, 5) is 22.7. The maximum Gasteiger partial charge on any atom is 0.223 e. The molecule has 2 aromatic heterocycles. The Kier molecular flexibility index (Phi) is 7.44. The summed E-state index contributed by atoms with van der Waals surface area (Å²) >= 11 is 0. The molecular weight excluding hydrogens is 450 g/mol. The van der Waals surface area contributed by atoms with Crippen molar-refractivity contribution in [1.29, 1.82) is 0 Å². The van der Waals surface area contributed by atoms with Crippen molar-refractivity contribution in [3.63, 3.8) is 0 Å². The highest BCUT2D eigenvalue weighted by Gasteiger charge is 2.27. The molecule has 3 heterocycles. The normalized spacial score (nSPS) is 15.8. The molecule has 0 saturated carbocycles. The van der Waals surface area contributed by atoms with Gasteiger partial charge in [0.25, 0.3) is 0 Å². The highest BCUT2D eigenvalue weighted by Crippen LogP contribution is 2.27. The number of benzene rings is 2. The maximum absolute atomic E-state index is 12.5. The van der Waals surface area contributed by atoms with E-state index in [1.165, 1.54) is 16.5 Å². The number of amides is 1. The number of aromatic nitrogens is 4. The number of carbonyl (C=O) groups excluding carboxylic acids is 1. The highest BCUT2D eigenvalue weighted by atomic mass is 16.2. The van der Waals surface area contributed by atoms with E-state index in [-0.39, 0.29) is 11.9 Å². The number of H-pyrrole nitrogens is 1. The van der Waals surface area contributed by atoms with Gasteiger partial charge in [-0.25, -0.2) is 0 Å². The van der Waals surface area contributed by atoms with Gasteiger partial charge in [-0.2, -0.15) is 0 Å². The molecule has 1 unspecified atom stereocenters. The average Bonchev–Trinajstić information content (AvgIpc) is 3.58. The van der Waals surface area contributed by atoms with Gasteiger partial charge in [0.2, 0.25) is 5.91 Å². The molecule has 1 amide bonds. The van der Waals surface area contributed by atoms with Crippen molar-refractivity contribution in [2.45, 2.75) is 25.3 Å². The zero-order chi connectivity index (χ0) is 24.9. The Labute approximate surface area is 212 Å². The standard InChI is InChI=1S/C28H35N7O/c1-32(2)28(36)18-27(22-7-4-3-5-8-22)34-15-13-33(14-16-34)12-6-9-23-19-29-26-11-10-24(17-25(23)26)35-20-30-31-21-35/h3-5,7-8,10-11,17,19-21,27,29H,6,9,12-16,18H2,1-2H3. The van der Waals surface area contributed by atoms with Gasteiger partial charge in [0.1, 0.15) is 12.7 Å². The molecule has 0 radical (unpaired) electrons. The lowest BCUT2D eigenvalue weighted by molar-refractivity contribution is -0.130. The molecular formula is C28H35N7O. The summed E-state index contributed by atoms with van der Waals surface area (Å²) in [7, 11) is 3.68. The molecule has 5 rings (SSSR count). The Morgan fingerprint density at radius 2 is 1.78 bits per heavy atom. The van der Waals surface area contributed by atoms with E-state index < -0.39 is 0 Å². The lowest BCUT2D eigenvalue weighted by Crippen LogP contribution is -2.48. The van der Waals surface area contributed by atoms with E-state index in [0.717, 1.165) is 56.8 Å². The first-order chi connectivity index (χ1) is 17.6. The van der Waals surface area contributed by atoms with Crippen LogP contribution >= 0.6 is 0 Å². The molecule has 0 bridgehead atoms. The van der Waals surface area contributed by atoms with Crippen molar-refractivity contribution in [1.82, 2.24) is 34.4 Å². The topological polar surface area (TPSA) is 73.3 Å². The zero-order valence-electron chi connectivity index (χ0n) is 21.2.